The maximum absolute atomic E-state index is 10.6. The summed E-state index contributed by atoms with van der Waals surface area (Å²) in [5, 5.41) is 21.3. The molecule has 0 atom stereocenters. The third-order valence-electron chi connectivity index (χ3n) is 4.94. The van der Waals surface area contributed by atoms with Crippen LogP contribution in [0.4, 0.5) is 0 Å². The van der Waals surface area contributed by atoms with Crippen LogP contribution in [-0.2, 0) is 23.7 Å². The fourth-order valence-corrected chi connectivity index (χ4v) is 4.30. The molecule has 0 amide bonds. The number of aromatic hydroxyl groups is 2. The van der Waals surface area contributed by atoms with Gasteiger partial charge in [0.2, 0.25) is 0 Å². The monoisotopic (exact) mass is 386 g/mol. The minimum Gasteiger partial charge on any atom is -0.507 e. The van der Waals surface area contributed by atoms with Gasteiger partial charge in [-0.05, 0) is 59.1 Å². The molecule has 2 aromatic rings. The summed E-state index contributed by atoms with van der Waals surface area (Å²) in [5.74, 6) is 0.842. The normalized spacial score (nSPS) is 12.4. The molecule has 148 valence electrons. The fraction of sp³-hybridized carbons (Fsp3) is 0.500. The standard InChI is InChI=1S/C24H34O2S/c1-9-15-11-17(13-19(21(15)25)23(3,4)5)27-18-12-16(10-2)22(26)20(14-18)24(6,7)8/h11-14,25-26H,9-10H2,1-8H3. The third kappa shape index (κ3) is 4.82. The van der Waals surface area contributed by atoms with Crippen molar-refractivity contribution >= 4 is 11.8 Å². The molecule has 2 aromatic carbocycles. The zero-order chi connectivity index (χ0) is 20.6. The van der Waals surface area contributed by atoms with Gasteiger partial charge in [-0.25, -0.2) is 0 Å². The summed E-state index contributed by atoms with van der Waals surface area (Å²) in [4.78, 5) is 2.25. The Kier molecular flexibility index (Phi) is 6.26. The number of phenolic OH excluding ortho intramolecular Hbond substituents is 2. The molecule has 0 heterocycles. The Hall–Kier alpha value is -1.61. The molecule has 0 saturated carbocycles. The van der Waals surface area contributed by atoms with E-state index in [2.05, 4.69) is 79.7 Å². The first-order valence-electron chi connectivity index (χ1n) is 9.79. The highest BCUT2D eigenvalue weighted by atomic mass is 32.2. The Morgan fingerprint density at radius 2 is 1.00 bits per heavy atom. The summed E-state index contributed by atoms with van der Waals surface area (Å²) in [6.07, 6.45) is 1.60. The highest BCUT2D eigenvalue weighted by Crippen LogP contribution is 2.42. The van der Waals surface area contributed by atoms with Crippen molar-refractivity contribution in [3.05, 3.63) is 46.5 Å². The van der Waals surface area contributed by atoms with Gasteiger partial charge in [0.25, 0.3) is 0 Å². The van der Waals surface area contributed by atoms with Crippen LogP contribution in [0.5, 0.6) is 11.5 Å². The van der Waals surface area contributed by atoms with E-state index in [0.29, 0.717) is 11.5 Å². The summed E-state index contributed by atoms with van der Waals surface area (Å²) in [7, 11) is 0. The fourth-order valence-electron chi connectivity index (χ4n) is 3.27. The Morgan fingerprint density at radius 3 is 1.26 bits per heavy atom. The average molecular weight is 387 g/mol. The van der Waals surface area contributed by atoms with Gasteiger partial charge in [-0.2, -0.15) is 0 Å². The second kappa shape index (κ2) is 7.79. The van der Waals surface area contributed by atoms with Gasteiger partial charge in [-0.3, -0.25) is 0 Å². The lowest BCUT2D eigenvalue weighted by molar-refractivity contribution is 0.439. The van der Waals surface area contributed by atoms with E-state index >= 15 is 0 Å². The lowest BCUT2D eigenvalue weighted by atomic mass is 9.85. The van der Waals surface area contributed by atoms with Crippen LogP contribution in [0.3, 0.4) is 0 Å². The van der Waals surface area contributed by atoms with E-state index in [9.17, 15) is 10.2 Å². The van der Waals surface area contributed by atoms with Crippen molar-refractivity contribution in [3.8, 4) is 11.5 Å². The number of phenols is 2. The van der Waals surface area contributed by atoms with Gasteiger partial charge >= 0.3 is 0 Å². The van der Waals surface area contributed by atoms with Crippen LogP contribution in [0, 0.1) is 0 Å². The second-order valence-corrected chi connectivity index (χ2v) is 10.4. The summed E-state index contributed by atoms with van der Waals surface area (Å²) in [6.45, 7) is 16.9. The molecule has 0 aliphatic rings. The van der Waals surface area contributed by atoms with Crippen LogP contribution < -0.4 is 0 Å². The molecule has 0 radical (unpaired) electrons. The van der Waals surface area contributed by atoms with Crippen molar-refractivity contribution in [1.29, 1.82) is 0 Å². The molecule has 0 spiro atoms. The van der Waals surface area contributed by atoms with Crippen molar-refractivity contribution < 1.29 is 10.2 Å². The molecule has 0 unspecified atom stereocenters. The zero-order valence-corrected chi connectivity index (χ0v) is 18.8. The summed E-state index contributed by atoms with van der Waals surface area (Å²) < 4.78 is 0. The van der Waals surface area contributed by atoms with E-state index in [1.54, 1.807) is 11.8 Å². The maximum Gasteiger partial charge on any atom is 0.122 e. The van der Waals surface area contributed by atoms with Crippen LogP contribution in [0.2, 0.25) is 0 Å². The topological polar surface area (TPSA) is 40.5 Å². The molecule has 0 saturated heterocycles. The number of benzene rings is 2. The first kappa shape index (κ1) is 21.7. The molecule has 3 heteroatoms. The number of hydrogen-bond donors (Lipinski definition) is 2. The van der Waals surface area contributed by atoms with Crippen molar-refractivity contribution in [3.63, 3.8) is 0 Å². The van der Waals surface area contributed by atoms with E-state index in [-0.39, 0.29) is 10.8 Å². The maximum atomic E-state index is 10.6. The van der Waals surface area contributed by atoms with Crippen LogP contribution in [0.1, 0.15) is 77.6 Å². The third-order valence-corrected chi connectivity index (χ3v) is 5.88. The van der Waals surface area contributed by atoms with E-state index in [1.165, 1.54) is 0 Å². The van der Waals surface area contributed by atoms with Crippen LogP contribution >= 0.6 is 11.8 Å². The number of hydrogen-bond acceptors (Lipinski definition) is 3. The molecule has 0 aliphatic carbocycles. The zero-order valence-electron chi connectivity index (χ0n) is 18.0. The first-order chi connectivity index (χ1) is 12.4. The van der Waals surface area contributed by atoms with Crippen molar-refractivity contribution in [2.75, 3.05) is 0 Å². The molecule has 0 fully saturated rings. The van der Waals surface area contributed by atoms with Gasteiger partial charge in [-0.15, -0.1) is 0 Å². The Balaban J connectivity index is 2.57. The number of aryl methyl sites for hydroxylation is 2. The highest BCUT2D eigenvalue weighted by molar-refractivity contribution is 7.99. The Bertz CT molecular complexity index is 754. The summed E-state index contributed by atoms with van der Waals surface area (Å²) in [5.41, 5.74) is 3.69. The molecule has 2 rings (SSSR count). The predicted molar refractivity (Wildman–Crippen MR) is 116 cm³/mol. The number of rotatable bonds is 4. The van der Waals surface area contributed by atoms with Gasteiger partial charge in [0.05, 0.1) is 0 Å². The molecule has 2 nitrogen and oxygen atoms in total. The molecular weight excluding hydrogens is 352 g/mol. The van der Waals surface area contributed by atoms with Crippen molar-refractivity contribution in [1.82, 2.24) is 0 Å². The lowest BCUT2D eigenvalue weighted by Gasteiger charge is -2.24. The van der Waals surface area contributed by atoms with Crippen LogP contribution in [0.15, 0.2) is 34.1 Å². The van der Waals surface area contributed by atoms with Gasteiger partial charge in [-0.1, -0.05) is 67.2 Å². The van der Waals surface area contributed by atoms with Crippen LogP contribution in [-0.4, -0.2) is 10.2 Å². The Morgan fingerprint density at radius 1 is 0.667 bits per heavy atom. The van der Waals surface area contributed by atoms with E-state index < -0.39 is 0 Å². The first-order valence-corrected chi connectivity index (χ1v) is 10.6. The predicted octanol–water partition coefficient (Wildman–Crippen LogP) is 6.97. The molecule has 0 bridgehead atoms. The summed E-state index contributed by atoms with van der Waals surface area (Å²) >= 11 is 1.70. The minimum atomic E-state index is -0.120. The van der Waals surface area contributed by atoms with Crippen molar-refractivity contribution in [2.45, 2.75) is 88.9 Å². The van der Waals surface area contributed by atoms with Gasteiger partial charge < -0.3 is 10.2 Å². The molecule has 2 N–H and O–H groups in total. The molecule has 0 aromatic heterocycles. The minimum absolute atomic E-state index is 0.120. The second-order valence-electron chi connectivity index (χ2n) is 9.27. The highest BCUT2D eigenvalue weighted by Gasteiger charge is 2.23. The molecule has 0 aliphatic heterocycles. The van der Waals surface area contributed by atoms with Gasteiger partial charge in [0.1, 0.15) is 11.5 Å². The van der Waals surface area contributed by atoms with E-state index in [0.717, 1.165) is 44.9 Å². The molecular formula is C24H34O2S. The smallest absolute Gasteiger partial charge is 0.122 e. The summed E-state index contributed by atoms with van der Waals surface area (Å²) in [6, 6.07) is 8.39. The lowest BCUT2D eigenvalue weighted by Crippen LogP contribution is -2.13. The molecule has 27 heavy (non-hydrogen) atoms. The van der Waals surface area contributed by atoms with Crippen LogP contribution in [0.25, 0.3) is 0 Å². The quantitative estimate of drug-likeness (QED) is 0.596. The SMILES string of the molecule is CCc1cc(Sc2cc(CC)c(O)c(C(C)(C)C)c2)cc(C(C)(C)C)c1O. The van der Waals surface area contributed by atoms with Gasteiger partial charge in [0.15, 0.2) is 0 Å². The Labute approximate surface area is 169 Å². The average Bonchev–Trinajstić information content (AvgIpc) is 2.55. The van der Waals surface area contributed by atoms with E-state index in [4.69, 9.17) is 0 Å². The van der Waals surface area contributed by atoms with Crippen molar-refractivity contribution in [2.24, 2.45) is 0 Å². The van der Waals surface area contributed by atoms with Gasteiger partial charge in [0, 0.05) is 20.9 Å². The van der Waals surface area contributed by atoms with E-state index in [1.807, 2.05) is 0 Å². The largest absolute Gasteiger partial charge is 0.507 e.